The minimum atomic E-state index is -0.410. The van der Waals surface area contributed by atoms with E-state index < -0.39 is 12.1 Å². The average molecular weight is 461 g/mol. The zero-order chi connectivity index (χ0) is 22.3. The van der Waals surface area contributed by atoms with Gasteiger partial charge in [-0.1, -0.05) is 120 Å². The molecule has 0 saturated heterocycles. The summed E-state index contributed by atoms with van der Waals surface area (Å²) >= 11 is 13.0. The number of hydrogen-bond donors (Lipinski definition) is 2. The van der Waals surface area contributed by atoms with Crippen LogP contribution in [0, 0.1) is 0 Å². The van der Waals surface area contributed by atoms with E-state index in [1.165, 1.54) is 0 Å². The van der Waals surface area contributed by atoms with Gasteiger partial charge in [0.05, 0.1) is 12.1 Å². The van der Waals surface area contributed by atoms with Gasteiger partial charge in [-0.15, -0.1) is 0 Å². The molecule has 5 heteroatoms. The van der Waals surface area contributed by atoms with Crippen LogP contribution in [-0.2, 0) is 0 Å². The summed E-state index contributed by atoms with van der Waals surface area (Å²) < 4.78 is 0. The fourth-order valence-corrected chi connectivity index (χ4v) is 4.18. The zero-order valence-electron chi connectivity index (χ0n) is 17.2. The van der Waals surface area contributed by atoms with Crippen LogP contribution in [0.2, 0.25) is 10.0 Å². The number of amides is 2. The van der Waals surface area contributed by atoms with Crippen LogP contribution in [0.5, 0.6) is 0 Å². The molecule has 0 aliphatic carbocycles. The molecule has 0 unspecified atom stereocenters. The van der Waals surface area contributed by atoms with Crippen molar-refractivity contribution in [3.05, 3.63) is 141 Å². The molecule has 0 aromatic heterocycles. The summed E-state index contributed by atoms with van der Waals surface area (Å²) in [5.74, 6) is 0. The largest absolute Gasteiger partial charge is 0.327 e. The fraction of sp³-hybridized carbons (Fsp3) is 0.0741. The first kappa shape index (κ1) is 21.9. The summed E-state index contributed by atoms with van der Waals surface area (Å²) in [7, 11) is 0. The number of urea groups is 1. The number of carbonyl (C=O) groups excluding carboxylic acids is 1. The third-order valence-corrected chi connectivity index (χ3v) is 5.94. The molecule has 2 N–H and O–H groups in total. The van der Waals surface area contributed by atoms with E-state index >= 15 is 0 Å². The summed E-state index contributed by atoms with van der Waals surface area (Å²) in [5.41, 5.74) is 3.52. The van der Waals surface area contributed by atoms with Gasteiger partial charge in [0.1, 0.15) is 0 Å². The van der Waals surface area contributed by atoms with Gasteiger partial charge < -0.3 is 10.6 Å². The number of hydrogen-bond acceptors (Lipinski definition) is 1. The van der Waals surface area contributed by atoms with E-state index in [0.717, 1.165) is 22.3 Å². The van der Waals surface area contributed by atoms with Gasteiger partial charge in [-0.3, -0.25) is 0 Å². The lowest BCUT2D eigenvalue weighted by Gasteiger charge is -2.25. The molecule has 0 fully saturated rings. The predicted molar refractivity (Wildman–Crippen MR) is 131 cm³/mol. The molecule has 0 bridgehead atoms. The Hall–Kier alpha value is -3.27. The Balaban J connectivity index is 1.65. The smallest absolute Gasteiger partial charge is 0.316 e. The second-order valence-corrected chi connectivity index (χ2v) is 8.16. The summed E-state index contributed by atoms with van der Waals surface area (Å²) in [4.78, 5) is 13.3. The van der Waals surface area contributed by atoms with Gasteiger partial charge in [0.25, 0.3) is 0 Å². The lowest BCUT2D eigenvalue weighted by Crippen LogP contribution is -2.40. The van der Waals surface area contributed by atoms with Crippen molar-refractivity contribution < 1.29 is 4.79 Å². The molecule has 160 valence electrons. The van der Waals surface area contributed by atoms with Gasteiger partial charge in [-0.2, -0.15) is 0 Å². The number of rotatable bonds is 6. The maximum absolute atomic E-state index is 13.3. The second kappa shape index (κ2) is 10.4. The molecule has 4 aromatic rings. The van der Waals surface area contributed by atoms with Gasteiger partial charge in [0.2, 0.25) is 0 Å². The first-order valence-electron chi connectivity index (χ1n) is 10.3. The van der Waals surface area contributed by atoms with Crippen molar-refractivity contribution >= 4 is 29.2 Å². The Morgan fingerprint density at radius 2 is 0.875 bits per heavy atom. The van der Waals surface area contributed by atoms with Crippen molar-refractivity contribution in [1.82, 2.24) is 10.6 Å². The maximum atomic E-state index is 13.3. The molecule has 4 rings (SSSR count). The molecule has 0 spiro atoms. The molecule has 0 saturated carbocycles. The van der Waals surface area contributed by atoms with E-state index in [-0.39, 0.29) is 6.03 Å². The summed E-state index contributed by atoms with van der Waals surface area (Å²) in [6.45, 7) is 0. The highest BCUT2D eigenvalue weighted by molar-refractivity contribution is 6.31. The second-order valence-electron chi connectivity index (χ2n) is 7.35. The zero-order valence-corrected chi connectivity index (χ0v) is 18.7. The SMILES string of the molecule is O=C(N[C@@H](c1ccccc1)c1ccccc1Cl)N[C@@H](c1ccccc1)c1ccccc1Cl. The molecule has 2 amide bonds. The molecule has 0 radical (unpaired) electrons. The normalized spacial score (nSPS) is 12.6. The third kappa shape index (κ3) is 5.13. The Bertz CT molecular complexity index is 1090. The highest BCUT2D eigenvalue weighted by Crippen LogP contribution is 2.30. The monoisotopic (exact) mass is 460 g/mol. The molecule has 0 heterocycles. The molecular weight excluding hydrogens is 439 g/mol. The standard InChI is InChI=1S/C27H22Cl2N2O/c28-23-17-9-7-15-21(23)25(19-11-3-1-4-12-19)30-27(32)31-26(20-13-5-2-6-14-20)22-16-8-10-18-24(22)29/h1-18,25-26H,(H2,30,31,32)/t25-,26-/m0/s1. The van der Waals surface area contributed by atoms with Crippen molar-refractivity contribution in [1.29, 1.82) is 0 Å². The van der Waals surface area contributed by atoms with Crippen LogP contribution >= 0.6 is 23.2 Å². The van der Waals surface area contributed by atoms with E-state index in [1.807, 2.05) is 109 Å². The van der Waals surface area contributed by atoms with E-state index in [1.54, 1.807) is 0 Å². The highest BCUT2D eigenvalue weighted by Gasteiger charge is 2.23. The molecule has 2 atom stereocenters. The molecule has 32 heavy (non-hydrogen) atoms. The van der Waals surface area contributed by atoms with Crippen LogP contribution in [0.15, 0.2) is 109 Å². The van der Waals surface area contributed by atoms with E-state index in [4.69, 9.17) is 23.2 Å². The predicted octanol–water partition coefficient (Wildman–Crippen LogP) is 7.17. The number of benzene rings is 4. The van der Waals surface area contributed by atoms with Gasteiger partial charge in [-0.05, 0) is 34.4 Å². The van der Waals surface area contributed by atoms with Gasteiger partial charge in [-0.25, -0.2) is 4.79 Å². The van der Waals surface area contributed by atoms with Crippen LogP contribution in [0.3, 0.4) is 0 Å². The summed E-state index contributed by atoms with van der Waals surface area (Å²) in [6.07, 6.45) is 0. The van der Waals surface area contributed by atoms with Crippen molar-refractivity contribution in [2.24, 2.45) is 0 Å². The van der Waals surface area contributed by atoms with Crippen LogP contribution in [0.1, 0.15) is 34.3 Å². The lowest BCUT2D eigenvalue weighted by atomic mass is 9.98. The van der Waals surface area contributed by atoms with Crippen LogP contribution in [0.4, 0.5) is 4.79 Å². The number of carbonyl (C=O) groups is 1. The van der Waals surface area contributed by atoms with Crippen LogP contribution in [0.25, 0.3) is 0 Å². The minimum Gasteiger partial charge on any atom is -0.327 e. The van der Waals surface area contributed by atoms with E-state index in [9.17, 15) is 4.79 Å². The van der Waals surface area contributed by atoms with Crippen molar-refractivity contribution in [3.63, 3.8) is 0 Å². The van der Waals surface area contributed by atoms with Crippen LogP contribution in [-0.4, -0.2) is 6.03 Å². The molecule has 0 aliphatic heterocycles. The summed E-state index contributed by atoms with van der Waals surface area (Å²) in [6, 6.07) is 33.4. The molecule has 3 nitrogen and oxygen atoms in total. The van der Waals surface area contributed by atoms with Gasteiger partial charge in [0, 0.05) is 10.0 Å². The first-order chi connectivity index (χ1) is 15.6. The Morgan fingerprint density at radius 3 is 1.25 bits per heavy atom. The van der Waals surface area contributed by atoms with E-state index in [2.05, 4.69) is 10.6 Å². The summed E-state index contributed by atoms with van der Waals surface area (Å²) in [5, 5.41) is 7.38. The topological polar surface area (TPSA) is 41.1 Å². The Morgan fingerprint density at radius 1 is 0.531 bits per heavy atom. The Labute approximate surface area is 198 Å². The minimum absolute atomic E-state index is 0.326. The van der Waals surface area contributed by atoms with Crippen molar-refractivity contribution in [3.8, 4) is 0 Å². The fourth-order valence-electron chi connectivity index (χ4n) is 3.69. The third-order valence-electron chi connectivity index (χ3n) is 5.25. The molecular formula is C27H22Cl2N2O. The highest BCUT2D eigenvalue weighted by atomic mass is 35.5. The quantitative estimate of drug-likeness (QED) is 0.314. The van der Waals surface area contributed by atoms with Gasteiger partial charge >= 0.3 is 6.03 Å². The number of nitrogens with one attached hydrogen (secondary N) is 2. The van der Waals surface area contributed by atoms with Crippen LogP contribution < -0.4 is 10.6 Å². The van der Waals surface area contributed by atoms with Gasteiger partial charge in [0.15, 0.2) is 0 Å². The first-order valence-corrected chi connectivity index (χ1v) is 11.0. The lowest BCUT2D eigenvalue weighted by molar-refractivity contribution is 0.236. The average Bonchev–Trinajstić information content (AvgIpc) is 2.83. The van der Waals surface area contributed by atoms with Crippen molar-refractivity contribution in [2.45, 2.75) is 12.1 Å². The Kier molecular flexibility index (Phi) is 7.10. The van der Waals surface area contributed by atoms with E-state index in [0.29, 0.717) is 10.0 Å². The molecule has 0 aliphatic rings. The van der Waals surface area contributed by atoms with Crippen molar-refractivity contribution in [2.75, 3.05) is 0 Å². The number of halogens is 2. The maximum Gasteiger partial charge on any atom is 0.316 e. The molecule has 4 aromatic carbocycles.